The molecule has 1 rings (SSSR count). The zero-order valence-corrected chi connectivity index (χ0v) is 4.70. The Morgan fingerprint density at radius 3 is 2.14 bits per heavy atom. The molecule has 0 saturated heterocycles. The molecule has 2 heteroatoms. The summed E-state index contributed by atoms with van der Waals surface area (Å²) in [5.41, 5.74) is 0. The molecule has 1 aliphatic carbocycles. The number of rotatable bonds is 0. The van der Waals surface area contributed by atoms with Crippen molar-refractivity contribution in [2.24, 2.45) is 0 Å². The van der Waals surface area contributed by atoms with Crippen LogP contribution in [0.1, 0.15) is 19.3 Å². The molecule has 1 nitrogen and oxygen atoms in total. The summed E-state index contributed by atoms with van der Waals surface area (Å²) in [5, 5.41) is 8.26. The molecule has 0 aromatic carbocycles. The molecule has 0 N–H and O–H groups in total. The smallest absolute Gasteiger partial charge is 0.131 e. The van der Waals surface area contributed by atoms with Gasteiger partial charge in [0.05, 0.1) is 6.07 Å². The number of nitrogens with zero attached hydrogens (tertiary/aromatic N) is 1. The third kappa shape index (κ3) is 0.711. The van der Waals surface area contributed by atoms with E-state index in [-0.39, 0.29) is 0 Å². The summed E-state index contributed by atoms with van der Waals surface area (Å²) in [4.78, 5) is -0.458. The van der Waals surface area contributed by atoms with E-state index in [1.165, 1.54) is 0 Å². The fourth-order valence-electron chi connectivity index (χ4n) is 0.599. The second-order valence-corrected chi connectivity index (χ2v) is 2.65. The number of halogens is 1. The topological polar surface area (TPSA) is 23.8 Å². The van der Waals surface area contributed by atoms with E-state index in [1.807, 2.05) is 6.07 Å². The molecule has 1 fully saturated rings. The molecule has 7 heavy (non-hydrogen) atoms. The highest BCUT2D eigenvalue weighted by Gasteiger charge is 2.34. The maximum absolute atomic E-state index is 8.26. The van der Waals surface area contributed by atoms with Crippen molar-refractivity contribution in [2.45, 2.75) is 24.1 Å². The van der Waals surface area contributed by atoms with Crippen LogP contribution in [0.15, 0.2) is 0 Å². The Kier molecular flexibility index (Phi) is 0.972. The normalized spacial score (nSPS) is 25.1. The minimum absolute atomic E-state index is 0.458. The molecule has 0 radical (unpaired) electrons. The van der Waals surface area contributed by atoms with Gasteiger partial charge in [0.15, 0.2) is 0 Å². The molecule has 0 aromatic heterocycles. The molecule has 0 amide bonds. The van der Waals surface area contributed by atoms with Crippen LogP contribution in [0, 0.1) is 11.3 Å². The summed E-state index contributed by atoms with van der Waals surface area (Å²) in [6.07, 6.45) is 2.88. The lowest BCUT2D eigenvalue weighted by molar-refractivity contribution is 0.431. The van der Waals surface area contributed by atoms with Crippen molar-refractivity contribution in [3.63, 3.8) is 0 Å². The molecule has 0 bridgehead atoms. The lowest BCUT2D eigenvalue weighted by Crippen LogP contribution is -2.27. The van der Waals surface area contributed by atoms with Gasteiger partial charge in [0, 0.05) is 0 Å². The highest BCUT2D eigenvalue weighted by Crippen LogP contribution is 2.37. The monoisotopic (exact) mass is 115 g/mol. The Morgan fingerprint density at radius 1 is 1.57 bits per heavy atom. The van der Waals surface area contributed by atoms with Gasteiger partial charge in [0.2, 0.25) is 0 Å². The Morgan fingerprint density at radius 2 is 2.14 bits per heavy atom. The summed E-state index contributed by atoms with van der Waals surface area (Å²) in [7, 11) is 0. The van der Waals surface area contributed by atoms with Gasteiger partial charge in [0.1, 0.15) is 4.87 Å². The highest BCUT2D eigenvalue weighted by atomic mass is 35.5. The van der Waals surface area contributed by atoms with Crippen LogP contribution in [-0.4, -0.2) is 4.87 Å². The van der Waals surface area contributed by atoms with Crippen molar-refractivity contribution in [1.82, 2.24) is 0 Å². The summed E-state index contributed by atoms with van der Waals surface area (Å²) in [5.74, 6) is 0. The van der Waals surface area contributed by atoms with E-state index in [0.717, 1.165) is 19.3 Å². The first-order valence-corrected chi connectivity index (χ1v) is 2.75. The maximum Gasteiger partial charge on any atom is 0.131 e. The van der Waals surface area contributed by atoms with Crippen LogP contribution in [0.25, 0.3) is 0 Å². The standard InChI is InChI=1S/C5H6ClN/c6-5(4-7)2-1-3-5/h1-3H2. The summed E-state index contributed by atoms with van der Waals surface area (Å²) in [6.45, 7) is 0. The van der Waals surface area contributed by atoms with Crippen molar-refractivity contribution in [3.05, 3.63) is 0 Å². The van der Waals surface area contributed by atoms with Crippen molar-refractivity contribution in [1.29, 1.82) is 5.26 Å². The molecule has 0 aliphatic heterocycles. The molecule has 1 saturated carbocycles. The summed E-state index contributed by atoms with van der Waals surface area (Å²) >= 11 is 5.63. The first-order chi connectivity index (χ1) is 3.27. The fourth-order valence-corrected chi connectivity index (χ4v) is 0.866. The second-order valence-electron chi connectivity index (χ2n) is 1.93. The van der Waals surface area contributed by atoms with Gasteiger partial charge in [0.25, 0.3) is 0 Å². The largest absolute Gasteiger partial charge is 0.196 e. The SMILES string of the molecule is N#CC1(Cl)CCC1. The van der Waals surface area contributed by atoms with Crippen LogP contribution in [-0.2, 0) is 0 Å². The first kappa shape index (κ1) is 4.93. The lowest BCUT2D eigenvalue weighted by Gasteiger charge is -2.27. The Bertz CT molecular complexity index is 110. The van der Waals surface area contributed by atoms with Gasteiger partial charge in [-0.05, 0) is 19.3 Å². The average Bonchev–Trinajstić information content (AvgIpc) is 1.61. The van der Waals surface area contributed by atoms with Crippen molar-refractivity contribution in [3.8, 4) is 6.07 Å². The van der Waals surface area contributed by atoms with Crippen LogP contribution in [0.2, 0.25) is 0 Å². The van der Waals surface area contributed by atoms with Crippen LogP contribution >= 0.6 is 11.6 Å². The highest BCUT2D eigenvalue weighted by molar-refractivity contribution is 6.26. The molecular formula is C5H6ClN. The first-order valence-electron chi connectivity index (χ1n) is 2.37. The maximum atomic E-state index is 8.26. The third-order valence-electron chi connectivity index (χ3n) is 1.35. The van der Waals surface area contributed by atoms with Gasteiger partial charge in [-0.15, -0.1) is 11.6 Å². The lowest BCUT2D eigenvalue weighted by atomic mass is 9.86. The molecule has 0 unspecified atom stereocenters. The van der Waals surface area contributed by atoms with E-state index in [1.54, 1.807) is 0 Å². The van der Waals surface area contributed by atoms with E-state index in [2.05, 4.69) is 0 Å². The molecular weight excluding hydrogens is 110 g/mol. The molecule has 0 atom stereocenters. The van der Waals surface area contributed by atoms with E-state index in [9.17, 15) is 0 Å². The van der Waals surface area contributed by atoms with E-state index >= 15 is 0 Å². The molecule has 1 aliphatic rings. The molecule has 0 spiro atoms. The Balaban J connectivity index is 2.48. The summed E-state index contributed by atoms with van der Waals surface area (Å²) in [6, 6.07) is 2.04. The van der Waals surface area contributed by atoms with Crippen molar-refractivity contribution < 1.29 is 0 Å². The minimum Gasteiger partial charge on any atom is -0.196 e. The van der Waals surface area contributed by atoms with Crippen LogP contribution < -0.4 is 0 Å². The Labute approximate surface area is 47.9 Å². The number of hydrogen-bond acceptors (Lipinski definition) is 1. The van der Waals surface area contributed by atoms with E-state index in [4.69, 9.17) is 16.9 Å². The average molecular weight is 116 g/mol. The summed E-state index contributed by atoms with van der Waals surface area (Å²) < 4.78 is 0. The van der Waals surface area contributed by atoms with Gasteiger partial charge >= 0.3 is 0 Å². The van der Waals surface area contributed by atoms with Crippen molar-refractivity contribution >= 4 is 11.6 Å². The predicted molar refractivity (Wildman–Crippen MR) is 28.0 cm³/mol. The zero-order valence-electron chi connectivity index (χ0n) is 3.95. The predicted octanol–water partition coefficient (Wildman–Crippen LogP) is 1.67. The number of hydrogen-bond donors (Lipinski definition) is 0. The van der Waals surface area contributed by atoms with E-state index < -0.39 is 4.87 Å². The van der Waals surface area contributed by atoms with Gasteiger partial charge in [-0.25, -0.2) is 0 Å². The van der Waals surface area contributed by atoms with Gasteiger partial charge < -0.3 is 0 Å². The second kappa shape index (κ2) is 1.38. The Hall–Kier alpha value is -0.220. The van der Waals surface area contributed by atoms with Crippen molar-refractivity contribution in [2.75, 3.05) is 0 Å². The fraction of sp³-hybridized carbons (Fsp3) is 0.800. The van der Waals surface area contributed by atoms with Crippen LogP contribution in [0.3, 0.4) is 0 Å². The van der Waals surface area contributed by atoms with Crippen LogP contribution in [0.5, 0.6) is 0 Å². The van der Waals surface area contributed by atoms with Gasteiger partial charge in [-0.2, -0.15) is 5.26 Å². The van der Waals surface area contributed by atoms with Gasteiger partial charge in [-0.3, -0.25) is 0 Å². The quantitative estimate of drug-likeness (QED) is 0.441. The molecule has 0 heterocycles. The van der Waals surface area contributed by atoms with Crippen LogP contribution in [0.4, 0.5) is 0 Å². The van der Waals surface area contributed by atoms with E-state index in [0.29, 0.717) is 0 Å². The zero-order chi connectivity index (χ0) is 5.33. The molecule has 0 aromatic rings. The third-order valence-corrected chi connectivity index (χ3v) is 1.81. The number of alkyl halides is 1. The molecule has 38 valence electrons. The minimum atomic E-state index is -0.458. The number of nitriles is 1. The van der Waals surface area contributed by atoms with Gasteiger partial charge in [-0.1, -0.05) is 0 Å².